The summed E-state index contributed by atoms with van der Waals surface area (Å²) in [5.41, 5.74) is 3.49. The molecule has 0 aliphatic rings. The van der Waals surface area contributed by atoms with E-state index >= 15 is 0 Å². The monoisotopic (exact) mass is 220 g/mol. The number of benzene rings is 1. The Morgan fingerprint density at radius 1 is 1.47 bits per heavy atom. The number of rotatable bonds is 6. The first kappa shape index (κ1) is 11.9. The van der Waals surface area contributed by atoms with Crippen molar-refractivity contribution >= 4 is 23.4 Å². The molecule has 2 N–H and O–H groups in total. The molecule has 0 heterocycles. The summed E-state index contributed by atoms with van der Waals surface area (Å²) < 4.78 is 0. The fourth-order valence-corrected chi connectivity index (χ4v) is 1.75. The molecule has 80 valence electrons. The third-order valence-electron chi connectivity index (χ3n) is 2.18. The van der Waals surface area contributed by atoms with E-state index in [0.717, 1.165) is 12.8 Å². The van der Waals surface area contributed by atoms with Crippen molar-refractivity contribution in [2.24, 2.45) is 0 Å². The Hall–Kier alpha value is -1.22. The van der Waals surface area contributed by atoms with E-state index < -0.39 is 0 Å². The molecular weight excluding hydrogens is 204 g/mol. The zero-order valence-electron chi connectivity index (χ0n) is 8.86. The van der Waals surface area contributed by atoms with E-state index in [1.165, 1.54) is 11.1 Å². The molecule has 15 heavy (non-hydrogen) atoms. The molecule has 0 fully saturated rings. The lowest BCUT2D eigenvalue weighted by atomic mass is 10.0. The highest BCUT2D eigenvalue weighted by atomic mass is 32.1. The third-order valence-corrected chi connectivity index (χ3v) is 2.32. The highest BCUT2D eigenvalue weighted by Crippen LogP contribution is 2.05. The van der Waals surface area contributed by atoms with Gasteiger partial charge in [-0.3, -0.25) is 0 Å². The van der Waals surface area contributed by atoms with Gasteiger partial charge in [0.25, 0.3) is 0 Å². The van der Waals surface area contributed by atoms with E-state index in [-0.39, 0.29) is 6.04 Å². The van der Waals surface area contributed by atoms with Crippen molar-refractivity contribution in [2.45, 2.75) is 25.8 Å². The van der Waals surface area contributed by atoms with Gasteiger partial charge in [-0.1, -0.05) is 42.5 Å². The summed E-state index contributed by atoms with van der Waals surface area (Å²) in [7, 11) is 0. The molecule has 0 saturated heterocycles. The van der Waals surface area contributed by atoms with E-state index in [1.54, 1.807) is 0 Å². The van der Waals surface area contributed by atoms with Gasteiger partial charge in [-0.25, -0.2) is 0 Å². The van der Waals surface area contributed by atoms with Crippen LogP contribution >= 0.6 is 12.2 Å². The largest absolute Gasteiger partial charge is 0.379 e. The molecule has 1 aromatic rings. The second-order valence-corrected chi connectivity index (χ2v) is 3.89. The summed E-state index contributed by atoms with van der Waals surface area (Å²) in [6.07, 6.45) is 1.65. The van der Waals surface area contributed by atoms with Crippen LogP contribution < -0.4 is 5.32 Å². The molecule has 0 bridgehead atoms. The molecule has 3 heteroatoms. The summed E-state index contributed by atoms with van der Waals surface area (Å²) in [4.78, 5) is 0. The van der Waals surface area contributed by atoms with Gasteiger partial charge in [-0.2, -0.15) is 0 Å². The Labute approximate surface area is 96.2 Å². The van der Waals surface area contributed by atoms with Crippen LogP contribution in [0.15, 0.2) is 30.3 Å². The number of nitrogens with one attached hydrogen (secondary N) is 2. The first-order valence-corrected chi connectivity index (χ1v) is 5.47. The smallest absolute Gasteiger partial charge is 0.0617 e. The summed E-state index contributed by atoms with van der Waals surface area (Å²) in [6, 6.07) is 10.5. The minimum Gasteiger partial charge on any atom is -0.379 e. The Kier molecular flexibility index (Phi) is 4.98. The molecule has 1 atom stereocenters. The second kappa shape index (κ2) is 6.30. The van der Waals surface area contributed by atoms with Crippen LogP contribution in [0.1, 0.15) is 18.9 Å². The molecule has 1 rings (SSSR count). The normalized spacial score (nSPS) is 11.8. The third kappa shape index (κ3) is 4.70. The predicted molar refractivity (Wildman–Crippen MR) is 68.7 cm³/mol. The lowest BCUT2D eigenvalue weighted by Gasteiger charge is -2.16. The van der Waals surface area contributed by atoms with E-state index in [9.17, 15) is 0 Å². The minimum atomic E-state index is 0.238. The van der Waals surface area contributed by atoms with Crippen LogP contribution in [0, 0.1) is 5.41 Å². The van der Waals surface area contributed by atoms with Crippen LogP contribution in [-0.2, 0) is 6.42 Å². The molecular formula is C12H16N2S. The van der Waals surface area contributed by atoms with Gasteiger partial charge < -0.3 is 10.7 Å². The van der Waals surface area contributed by atoms with Crippen molar-refractivity contribution in [3.05, 3.63) is 35.9 Å². The summed E-state index contributed by atoms with van der Waals surface area (Å²) in [6.45, 7) is 1.82. The van der Waals surface area contributed by atoms with Gasteiger partial charge in [-0.05, 0) is 18.9 Å². The number of hydrogen-bond acceptors (Lipinski definition) is 2. The van der Waals surface area contributed by atoms with Crippen LogP contribution in [0.3, 0.4) is 0 Å². The first-order chi connectivity index (χ1) is 7.22. The van der Waals surface area contributed by atoms with Crippen LogP contribution in [0.25, 0.3) is 0 Å². The molecule has 0 aliphatic heterocycles. The molecule has 1 unspecified atom stereocenters. The molecule has 1 aromatic carbocycles. The highest BCUT2D eigenvalue weighted by Gasteiger charge is 2.08. The summed E-state index contributed by atoms with van der Waals surface area (Å²) in [5, 5.41) is 10.6. The Morgan fingerprint density at radius 2 is 2.13 bits per heavy atom. The van der Waals surface area contributed by atoms with E-state index in [1.807, 2.05) is 25.1 Å². The molecule has 0 saturated carbocycles. The Morgan fingerprint density at radius 3 is 2.67 bits per heavy atom. The van der Waals surface area contributed by atoms with Gasteiger partial charge in [0.05, 0.1) is 5.49 Å². The zero-order valence-corrected chi connectivity index (χ0v) is 9.68. The van der Waals surface area contributed by atoms with Gasteiger partial charge in [0.1, 0.15) is 0 Å². The molecule has 0 aliphatic carbocycles. The molecule has 0 radical (unpaired) electrons. The van der Waals surface area contributed by atoms with Crippen LogP contribution in [0.5, 0.6) is 0 Å². The van der Waals surface area contributed by atoms with Crippen LogP contribution in [0.4, 0.5) is 0 Å². The lowest BCUT2D eigenvalue weighted by Crippen LogP contribution is -2.31. The topological polar surface area (TPSA) is 35.9 Å². The van der Waals surface area contributed by atoms with Crippen LogP contribution in [0.2, 0.25) is 0 Å². The SMILES string of the molecule is CC(=N)CC(Cc1ccccc1)NC=S. The summed E-state index contributed by atoms with van der Waals surface area (Å²) in [5.74, 6) is 0. The van der Waals surface area contributed by atoms with E-state index in [0.29, 0.717) is 5.71 Å². The van der Waals surface area contributed by atoms with Crippen LogP contribution in [-0.4, -0.2) is 17.2 Å². The molecule has 2 nitrogen and oxygen atoms in total. The molecule has 0 spiro atoms. The highest BCUT2D eigenvalue weighted by molar-refractivity contribution is 7.78. The minimum absolute atomic E-state index is 0.238. The van der Waals surface area contributed by atoms with Gasteiger partial charge in [-0.15, -0.1) is 0 Å². The van der Waals surface area contributed by atoms with E-state index in [4.69, 9.17) is 17.6 Å². The van der Waals surface area contributed by atoms with Crippen molar-refractivity contribution < 1.29 is 0 Å². The second-order valence-electron chi connectivity index (χ2n) is 3.66. The van der Waals surface area contributed by atoms with Crippen molar-refractivity contribution in [1.29, 1.82) is 5.41 Å². The summed E-state index contributed by atoms with van der Waals surface area (Å²) >= 11 is 4.79. The number of thiocarbonyl (C=S) groups is 1. The average molecular weight is 220 g/mol. The lowest BCUT2D eigenvalue weighted by molar-refractivity contribution is 0.633. The van der Waals surface area contributed by atoms with Crippen molar-refractivity contribution in [2.75, 3.05) is 0 Å². The van der Waals surface area contributed by atoms with E-state index in [2.05, 4.69) is 17.4 Å². The van der Waals surface area contributed by atoms with Crippen molar-refractivity contribution in [3.8, 4) is 0 Å². The molecule has 0 amide bonds. The van der Waals surface area contributed by atoms with Crippen molar-refractivity contribution in [3.63, 3.8) is 0 Å². The molecule has 0 aromatic heterocycles. The van der Waals surface area contributed by atoms with Gasteiger partial charge in [0, 0.05) is 18.2 Å². The number of hydrogen-bond donors (Lipinski definition) is 2. The van der Waals surface area contributed by atoms with Gasteiger partial charge in [0.2, 0.25) is 0 Å². The quantitative estimate of drug-likeness (QED) is 0.571. The standard InChI is InChI=1S/C12H16N2S/c1-10(13)7-12(14-9-15)8-11-5-3-2-4-6-11/h2-6,9,12-13H,7-8H2,1H3,(H,14,15). The maximum absolute atomic E-state index is 7.48. The van der Waals surface area contributed by atoms with Crippen molar-refractivity contribution in [1.82, 2.24) is 5.32 Å². The Bertz CT molecular complexity index is 322. The predicted octanol–water partition coefficient (Wildman–Crippen LogP) is 2.57. The fourth-order valence-electron chi connectivity index (χ4n) is 1.55. The fraction of sp³-hybridized carbons (Fsp3) is 0.333. The van der Waals surface area contributed by atoms with Gasteiger partial charge >= 0.3 is 0 Å². The average Bonchev–Trinajstić information content (AvgIpc) is 2.18. The first-order valence-electron chi connectivity index (χ1n) is 5.00. The maximum Gasteiger partial charge on any atom is 0.0617 e. The van der Waals surface area contributed by atoms with Gasteiger partial charge in [0.15, 0.2) is 0 Å². The maximum atomic E-state index is 7.48. The Balaban J connectivity index is 2.58. The zero-order chi connectivity index (χ0) is 11.1.